The molecule has 1 aliphatic rings. The predicted octanol–water partition coefficient (Wildman–Crippen LogP) is 0.661. The van der Waals surface area contributed by atoms with Gasteiger partial charge in [0.1, 0.15) is 5.60 Å². The van der Waals surface area contributed by atoms with Crippen LogP contribution in [-0.2, 0) is 9.47 Å². The summed E-state index contributed by atoms with van der Waals surface area (Å²) in [5.41, 5.74) is -0.502. The Hall–Kier alpha value is -0.810. The maximum absolute atomic E-state index is 11.4. The Balaban J connectivity index is 2.31. The van der Waals surface area contributed by atoms with Crippen molar-refractivity contribution in [2.45, 2.75) is 44.9 Å². The largest absolute Gasteiger partial charge is 0.444 e. The van der Waals surface area contributed by atoms with E-state index in [-0.39, 0.29) is 6.04 Å². The van der Waals surface area contributed by atoms with Gasteiger partial charge in [0, 0.05) is 0 Å². The molecule has 0 aromatic carbocycles. The summed E-state index contributed by atoms with van der Waals surface area (Å²) < 4.78 is 10.2. The second-order valence-corrected chi connectivity index (χ2v) is 4.77. The molecule has 0 unspecified atom stereocenters. The molecular formula is C10H19NO4. The average molecular weight is 217 g/mol. The molecule has 1 heterocycles. The van der Waals surface area contributed by atoms with E-state index in [2.05, 4.69) is 5.32 Å². The zero-order valence-electron chi connectivity index (χ0n) is 9.45. The number of ether oxygens (including phenoxy) is 2. The fraction of sp³-hybridized carbons (Fsp3) is 0.900. The number of rotatable bonds is 1. The zero-order valence-corrected chi connectivity index (χ0v) is 9.45. The van der Waals surface area contributed by atoms with Gasteiger partial charge in [0.25, 0.3) is 0 Å². The van der Waals surface area contributed by atoms with Crippen molar-refractivity contribution in [1.29, 1.82) is 0 Å². The molecule has 0 radical (unpaired) electrons. The Labute approximate surface area is 89.8 Å². The van der Waals surface area contributed by atoms with Crippen LogP contribution in [0, 0.1) is 0 Å². The first-order valence-corrected chi connectivity index (χ1v) is 5.12. The van der Waals surface area contributed by atoms with E-state index in [9.17, 15) is 9.90 Å². The lowest BCUT2D eigenvalue weighted by molar-refractivity contribution is -0.0258. The summed E-state index contributed by atoms with van der Waals surface area (Å²) in [6, 6.07) is -0.163. The molecule has 5 heteroatoms. The van der Waals surface area contributed by atoms with E-state index in [4.69, 9.17) is 9.47 Å². The molecule has 0 bridgehead atoms. The first-order valence-electron chi connectivity index (χ1n) is 5.12. The number of aliphatic hydroxyl groups excluding tert-OH is 1. The summed E-state index contributed by atoms with van der Waals surface area (Å²) in [5.74, 6) is 0. The van der Waals surface area contributed by atoms with Crippen LogP contribution in [-0.4, -0.2) is 42.2 Å². The fourth-order valence-electron chi connectivity index (χ4n) is 1.39. The van der Waals surface area contributed by atoms with Gasteiger partial charge in [-0.25, -0.2) is 4.79 Å². The summed E-state index contributed by atoms with van der Waals surface area (Å²) in [5, 5.41) is 12.0. The second kappa shape index (κ2) is 4.81. The van der Waals surface area contributed by atoms with Crippen LogP contribution < -0.4 is 5.32 Å². The van der Waals surface area contributed by atoms with E-state index >= 15 is 0 Å². The van der Waals surface area contributed by atoms with Crippen LogP contribution in [0.4, 0.5) is 4.79 Å². The first kappa shape index (κ1) is 12.3. The summed E-state index contributed by atoms with van der Waals surface area (Å²) in [6.07, 6.45) is -0.455. The van der Waals surface area contributed by atoms with Gasteiger partial charge in [0.2, 0.25) is 0 Å². The molecule has 1 fully saturated rings. The Morgan fingerprint density at radius 1 is 1.47 bits per heavy atom. The lowest BCUT2D eigenvalue weighted by Gasteiger charge is -2.28. The Bertz CT molecular complexity index is 224. The van der Waals surface area contributed by atoms with Crippen molar-refractivity contribution < 1.29 is 19.4 Å². The molecule has 0 saturated carbocycles. The van der Waals surface area contributed by atoms with Crippen LogP contribution in [0.15, 0.2) is 0 Å². The molecule has 1 saturated heterocycles. The van der Waals surface area contributed by atoms with E-state index in [1.165, 1.54) is 0 Å². The number of nitrogens with one attached hydrogen (secondary N) is 1. The molecule has 88 valence electrons. The number of aliphatic hydroxyl groups is 1. The quantitative estimate of drug-likeness (QED) is 0.677. The Morgan fingerprint density at radius 3 is 2.67 bits per heavy atom. The number of carbonyl (C=O) groups excluding carboxylic acids is 1. The summed E-state index contributed by atoms with van der Waals surface area (Å²) >= 11 is 0. The van der Waals surface area contributed by atoms with E-state index in [1.807, 2.05) is 0 Å². The normalized spacial score (nSPS) is 27.2. The minimum absolute atomic E-state index is 0.163. The van der Waals surface area contributed by atoms with Gasteiger partial charge in [-0.1, -0.05) is 0 Å². The highest BCUT2D eigenvalue weighted by molar-refractivity contribution is 5.68. The second-order valence-electron chi connectivity index (χ2n) is 4.77. The molecule has 0 aromatic rings. The van der Waals surface area contributed by atoms with Gasteiger partial charge in [-0.05, 0) is 27.2 Å². The molecule has 5 nitrogen and oxygen atoms in total. The molecule has 1 amide bonds. The topological polar surface area (TPSA) is 67.8 Å². The number of alkyl carbamates (subject to hydrolysis) is 1. The van der Waals surface area contributed by atoms with E-state index in [0.29, 0.717) is 19.6 Å². The highest BCUT2D eigenvalue weighted by Crippen LogP contribution is 2.10. The van der Waals surface area contributed by atoms with Gasteiger partial charge in [0.05, 0.1) is 25.4 Å². The fourth-order valence-corrected chi connectivity index (χ4v) is 1.39. The van der Waals surface area contributed by atoms with Gasteiger partial charge < -0.3 is 19.9 Å². The van der Waals surface area contributed by atoms with E-state index < -0.39 is 17.8 Å². The van der Waals surface area contributed by atoms with Crippen LogP contribution in [0.5, 0.6) is 0 Å². The van der Waals surface area contributed by atoms with Gasteiger partial charge in [-0.2, -0.15) is 0 Å². The zero-order chi connectivity index (χ0) is 11.5. The maximum Gasteiger partial charge on any atom is 0.407 e. The minimum atomic E-state index is -0.502. The third-order valence-electron chi connectivity index (χ3n) is 1.91. The lowest BCUT2D eigenvalue weighted by atomic mass is 10.1. The first-order chi connectivity index (χ1) is 6.87. The molecular weight excluding hydrogens is 198 g/mol. The lowest BCUT2D eigenvalue weighted by Crippen LogP contribution is -2.46. The summed E-state index contributed by atoms with van der Waals surface area (Å²) in [7, 11) is 0. The Kier molecular flexibility index (Phi) is 3.93. The molecule has 0 aliphatic carbocycles. The van der Waals surface area contributed by atoms with Gasteiger partial charge in [-0.3, -0.25) is 0 Å². The smallest absolute Gasteiger partial charge is 0.407 e. The van der Waals surface area contributed by atoms with Crippen molar-refractivity contribution in [3.63, 3.8) is 0 Å². The predicted molar refractivity (Wildman–Crippen MR) is 54.6 cm³/mol. The highest BCUT2D eigenvalue weighted by Gasteiger charge is 2.24. The monoisotopic (exact) mass is 217 g/mol. The van der Waals surface area contributed by atoms with Gasteiger partial charge in [0.15, 0.2) is 0 Å². The third-order valence-corrected chi connectivity index (χ3v) is 1.91. The van der Waals surface area contributed by atoms with Gasteiger partial charge in [-0.15, -0.1) is 0 Å². The molecule has 1 aliphatic heterocycles. The molecule has 0 aromatic heterocycles. The number of hydrogen-bond donors (Lipinski definition) is 2. The van der Waals surface area contributed by atoms with Crippen LogP contribution in [0.3, 0.4) is 0 Å². The van der Waals surface area contributed by atoms with Crippen molar-refractivity contribution in [1.82, 2.24) is 5.32 Å². The summed E-state index contributed by atoms with van der Waals surface area (Å²) in [4.78, 5) is 11.4. The van der Waals surface area contributed by atoms with Crippen molar-refractivity contribution in [2.24, 2.45) is 0 Å². The van der Waals surface area contributed by atoms with Crippen LogP contribution >= 0.6 is 0 Å². The average Bonchev–Trinajstić information content (AvgIpc) is 1.99. The number of hydrogen-bond acceptors (Lipinski definition) is 4. The summed E-state index contributed by atoms with van der Waals surface area (Å²) in [6.45, 7) is 6.18. The molecule has 2 N–H and O–H groups in total. The van der Waals surface area contributed by atoms with Crippen molar-refractivity contribution in [2.75, 3.05) is 13.2 Å². The van der Waals surface area contributed by atoms with Crippen LogP contribution in [0.25, 0.3) is 0 Å². The van der Waals surface area contributed by atoms with Crippen molar-refractivity contribution >= 4 is 6.09 Å². The Morgan fingerprint density at radius 2 is 2.13 bits per heavy atom. The van der Waals surface area contributed by atoms with E-state index in [0.717, 1.165) is 0 Å². The van der Waals surface area contributed by atoms with E-state index in [1.54, 1.807) is 20.8 Å². The van der Waals surface area contributed by atoms with Crippen molar-refractivity contribution in [3.8, 4) is 0 Å². The van der Waals surface area contributed by atoms with Crippen LogP contribution in [0.1, 0.15) is 27.2 Å². The molecule has 1 rings (SSSR count). The molecule has 0 spiro atoms. The minimum Gasteiger partial charge on any atom is -0.444 e. The molecule has 2 atom stereocenters. The third kappa shape index (κ3) is 4.99. The SMILES string of the molecule is CC(C)(C)OC(=O)N[C@@H]1COC[C@H](O)C1. The highest BCUT2D eigenvalue weighted by atomic mass is 16.6. The van der Waals surface area contributed by atoms with Gasteiger partial charge >= 0.3 is 6.09 Å². The molecule has 15 heavy (non-hydrogen) atoms. The maximum atomic E-state index is 11.4. The number of amides is 1. The van der Waals surface area contributed by atoms with Crippen molar-refractivity contribution in [3.05, 3.63) is 0 Å². The number of carbonyl (C=O) groups is 1. The standard InChI is InChI=1S/C10H19NO4/c1-10(2,3)15-9(13)11-7-4-8(12)6-14-5-7/h7-8,12H,4-6H2,1-3H3,(H,11,13)/t7-,8+/m0/s1. The van der Waals surface area contributed by atoms with Crippen LogP contribution in [0.2, 0.25) is 0 Å².